The van der Waals surface area contributed by atoms with Crippen LogP contribution in [0.4, 0.5) is 5.69 Å². The Morgan fingerprint density at radius 3 is 2.86 bits per heavy atom. The molecule has 1 rings (SSSR count). The van der Waals surface area contributed by atoms with Crippen molar-refractivity contribution in [3.63, 3.8) is 0 Å². The van der Waals surface area contributed by atoms with Crippen LogP contribution in [0.15, 0.2) is 24.3 Å². The van der Waals surface area contributed by atoms with Gasteiger partial charge in [-0.25, -0.2) is 0 Å². The third-order valence-corrected chi connectivity index (χ3v) is 1.99. The summed E-state index contributed by atoms with van der Waals surface area (Å²) < 4.78 is 0. The molecule has 0 fully saturated rings. The maximum atomic E-state index is 10.2. The lowest BCUT2D eigenvalue weighted by Crippen LogP contribution is -1.91. The zero-order valence-electron chi connectivity index (χ0n) is 7.40. The van der Waals surface area contributed by atoms with E-state index in [4.69, 9.17) is 22.4 Å². The quantitative estimate of drug-likeness (QED) is 0.755. The Morgan fingerprint density at radius 2 is 2.29 bits per heavy atom. The minimum Gasteiger partial charge on any atom is -0.481 e. The Labute approximate surface area is 86.8 Å². The van der Waals surface area contributed by atoms with Crippen molar-refractivity contribution in [3.8, 4) is 0 Å². The predicted molar refractivity (Wildman–Crippen MR) is 57.2 cm³/mol. The molecular formula is C10H10ClNO2. The summed E-state index contributed by atoms with van der Waals surface area (Å²) in [6, 6.07) is 5.16. The highest BCUT2D eigenvalue weighted by Crippen LogP contribution is 2.23. The second kappa shape index (κ2) is 4.67. The third kappa shape index (κ3) is 2.78. The van der Waals surface area contributed by atoms with Crippen LogP contribution in [-0.4, -0.2) is 11.1 Å². The highest BCUT2D eigenvalue weighted by molar-refractivity contribution is 6.32. The SMILES string of the molecule is Nc1cccc(Cl)c1C=CCC(=O)O. The molecule has 0 unspecified atom stereocenters. The number of aliphatic carboxylic acids is 1. The molecule has 0 aromatic heterocycles. The number of halogens is 1. The van der Waals surface area contributed by atoms with Gasteiger partial charge in [-0.3, -0.25) is 4.79 Å². The molecule has 14 heavy (non-hydrogen) atoms. The number of nitrogen functional groups attached to an aromatic ring is 1. The summed E-state index contributed by atoms with van der Waals surface area (Å²) in [4.78, 5) is 10.2. The van der Waals surface area contributed by atoms with E-state index in [9.17, 15) is 4.79 Å². The number of carboxylic acid groups (broad SMARTS) is 1. The van der Waals surface area contributed by atoms with Gasteiger partial charge < -0.3 is 10.8 Å². The first-order chi connectivity index (χ1) is 6.61. The molecule has 74 valence electrons. The molecule has 0 bridgehead atoms. The fraction of sp³-hybridized carbons (Fsp3) is 0.100. The second-order valence-electron chi connectivity index (χ2n) is 2.74. The Balaban J connectivity index is 2.85. The smallest absolute Gasteiger partial charge is 0.307 e. The monoisotopic (exact) mass is 211 g/mol. The van der Waals surface area contributed by atoms with E-state index in [1.807, 2.05) is 0 Å². The molecule has 0 saturated carbocycles. The van der Waals surface area contributed by atoms with Gasteiger partial charge >= 0.3 is 5.97 Å². The molecule has 3 N–H and O–H groups in total. The van der Waals surface area contributed by atoms with Gasteiger partial charge in [0.2, 0.25) is 0 Å². The Morgan fingerprint density at radius 1 is 1.57 bits per heavy atom. The lowest BCUT2D eigenvalue weighted by Gasteiger charge is -2.01. The van der Waals surface area contributed by atoms with Crippen molar-refractivity contribution < 1.29 is 9.90 Å². The summed E-state index contributed by atoms with van der Waals surface area (Å²) in [6.07, 6.45) is 3.09. The molecule has 0 atom stereocenters. The van der Waals surface area contributed by atoms with Crippen LogP contribution in [0.3, 0.4) is 0 Å². The van der Waals surface area contributed by atoms with E-state index in [-0.39, 0.29) is 6.42 Å². The Bertz CT molecular complexity index is 354. The molecule has 0 saturated heterocycles. The van der Waals surface area contributed by atoms with Gasteiger partial charge in [0.05, 0.1) is 6.42 Å². The second-order valence-corrected chi connectivity index (χ2v) is 3.15. The van der Waals surface area contributed by atoms with Crippen molar-refractivity contribution >= 4 is 29.3 Å². The minimum absolute atomic E-state index is 0.0370. The van der Waals surface area contributed by atoms with Crippen molar-refractivity contribution in [1.82, 2.24) is 0 Å². The maximum absolute atomic E-state index is 10.2. The Hall–Kier alpha value is -1.48. The maximum Gasteiger partial charge on any atom is 0.307 e. The number of hydrogen-bond acceptors (Lipinski definition) is 2. The van der Waals surface area contributed by atoms with Gasteiger partial charge in [-0.1, -0.05) is 29.8 Å². The van der Waals surface area contributed by atoms with E-state index in [1.165, 1.54) is 6.08 Å². The molecule has 0 amide bonds. The van der Waals surface area contributed by atoms with Gasteiger partial charge in [-0.05, 0) is 12.1 Å². The molecule has 1 aromatic rings. The Kier molecular flexibility index (Phi) is 3.54. The number of anilines is 1. The summed E-state index contributed by atoms with van der Waals surface area (Å²) in [5, 5.41) is 8.93. The topological polar surface area (TPSA) is 63.3 Å². The number of nitrogens with two attached hydrogens (primary N) is 1. The summed E-state index contributed by atoms with van der Waals surface area (Å²) in [7, 11) is 0. The highest BCUT2D eigenvalue weighted by Gasteiger charge is 1.99. The average molecular weight is 212 g/mol. The molecule has 0 radical (unpaired) electrons. The summed E-state index contributed by atoms with van der Waals surface area (Å²) in [5.41, 5.74) is 6.86. The normalized spacial score (nSPS) is 10.6. The van der Waals surface area contributed by atoms with Crippen LogP contribution >= 0.6 is 11.6 Å². The fourth-order valence-electron chi connectivity index (χ4n) is 1.01. The van der Waals surface area contributed by atoms with Crippen molar-refractivity contribution in [2.24, 2.45) is 0 Å². The summed E-state index contributed by atoms with van der Waals surface area (Å²) in [6.45, 7) is 0. The van der Waals surface area contributed by atoms with Crippen LogP contribution in [0, 0.1) is 0 Å². The van der Waals surface area contributed by atoms with Gasteiger partial charge in [0, 0.05) is 16.3 Å². The number of carboxylic acids is 1. The van der Waals surface area contributed by atoms with E-state index in [0.29, 0.717) is 16.3 Å². The van der Waals surface area contributed by atoms with Crippen LogP contribution in [0.5, 0.6) is 0 Å². The summed E-state index contributed by atoms with van der Waals surface area (Å²) in [5.74, 6) is -0.883. The molecule has 0 aliphatic heterocycles. The van der Waals surface area contributed by atoms with Crippen LogP contribution in [0.25, 0.3) is 6.08 Å². The lowest BCUT2D eigenvalue weighted by atomic mass is 10.1. The van der Waals surface area contributed by atoms with Crippen LogP contribution in [-0.2, 0) is 4.79 Å². The van der Waals surface area contributed by atoms with E-state index in [2.05, 4.69) is 0 Å². The van der Waals surface area contributed by atoms with Gasteiger partial charge in [0.1, 0.15) is 0 Å². The van der Waals surface area contributed by atoms with Gasteiger partial charge in [-0.15, -0.1) is 0 Å². The van der Waals surface area contributed by atoms with Gasteiger partial charge in [0.25, 0.3) is 0 Å². The molecule has 0 aliphatic carbocycles. The zero-order chi connectivity index (χ0) is 10.6. The summed E-state index contributed by atoms with van der Waals surface area (Å²) >= 11 is 5.87. The van der Waals surface area contributed by atoms with Gasteiger partial charge in [-0.2, -0.15) is 0 Å². The predicted octanol–water partition coefficient (Wildman–Crippen LogP) is 2.41. The number of rotatable bonds is 3. The van der Waals surface area contributed by atoms with E-state index < -0.39 is 5.97 Å². The third-order valence-electron chi connectivity index (χ3n) is 1.66. The van der Waals surface area contributed by atoms with Crippen molar-refractivity contribution in [1.29, 1.82) is 0 Å². The van der Waals surface area contributed by atoms with Crippen LogP contribution in [0.2, 0.25) is 5.02 Å². The average Bonchev–Trinajstić information content (AvgIpc) is 2.09. The van der Waals surface area contributed by atoms with E-state index in [1.54, 1.807) is 24.3 Å². The molecule has 4 heteroatoms. The first-order valence-corrected chi connectivity index (χ1v) is 4.41. The number of hydrogen-bond donors (Lipinski definition) is 2. The molecule has 0 heterocycles. The van der Waals surface area contributed by atoms with Crippen molar-refractivity contribution in [3.05, 3.63) is 34.9 Å². The number of carbonyl (C=O) groups is 1. The minimum atomic E-state index is -0.883. The van der Waals surface area contributed by atoms with Crippen LogP contribution < -0.4 is 5.73 Å². The molecule has 0 spiro atoms. The molecular weight excluding hydrogens is 202 g/mol. The van der Waals surface area contributed by atoms with Crippen molar-refractivity contribution in [2.45, 2.75) is 6.42 Å². The standard InChI is InChI=1S/C10H10ClNO2/c11-8-4-2-5-9(12)7(8)3-1-6-10(13)14/h1-5H,6,12H2,(H,13,14). The van der Waals surface area contributed by atoms with Gasteiger partial charge in [0.15, 0.2) is 0 Å². The number of benzene rings is 1. The molecule has 3 nitrogen and oxygen atoms in total. The molecule has 1 aromatic carbocycles. The van der Waals surface area contributed by atoms with E-state index in [0.717, 1.165) is 0 Å². The fourth-order valence-corrected chi connectivity index (χ4v) is 1.25. The lowest BCUT2D eigenvalue weighted by molar-refractivity contribution is -0.135. The first kappa shape index (κ1) is 10.6. The van der Waals surface area contributed by atoms with E-state index >= 15 is 0 Å². The van der Waals surface area contributed by atoms with Crippen LogP contribution in [0.1, 0.15) is 12.0 Å². The zero-order valence-corrected chi connectivity index (χ0v) is 8.16. The largest absolute Gasteiger partial charge is 0.481 e. The first-order valence-electron chi connectivity index (χ1n) is 4.03. The molecule has 0 aliphatic rings. The van der Waals surface area contributed by atoms with Crippen molar-refractivity contribution in [2.75, 3.05) is 5.73 Å². The highest BCUT2D eigenvalue weighted by atomic mass is 35.5.